The Bertz CT molecular complexity index is 590. The summed E-state index contributed by atoms with van der Waals surface area (Å²) in [6.07, 6.45) is 1.82. The second kappa shape index (κ2) is 7.48. The zero-order valence-corrected chi connectivity index (χ0v) is 12.9. The van der Waals surface area contributed by atoms with Crippen LogP contribution in [0.2, 0.25) is 0 Å². The lowest BCUT2D eigenvalue weighted by Crippen LogP contribution is -2.42. The smallest absolute Gasteiger partial charge is 0.338 e. The third-order valence-electron chi connectivity index (χ3n) is 3.09. The first-order chi connectivity index (χ1) is 11.0. The molecule has 1 saturated carbocycles. The van der Waals surface area contributed by atoms with Gasteiger partial charge in [0, 0.05) is 12.1 Å². The molecule has 0 saturated heterocycles. The number of benzene rings is 1. The van der Waals surface area contributed by atoms with Crippen molar-refractivity contribution in [3.05, 3.63) is 23.8 Å². The Labute approximate surface area is 133 Å². The van der Waals surface area contributed by atoms with Crippen LogP contribution in [-0.2, 0) is 9.53 Å². The number of carbonyl (C=O) groups is 3. The van der Waals surface area contributed by atoms with Gasteiger partial charge in [-0.2, -0.15) is 0 Å². The van der Waals surface area contributed by atoms with Crippen molar-refractivity contribution in [2.75, 3.05) is 20.8 Å². The molecule has 1 aromatic carbocycles. The molecule has 8 heteroatoms. The van der Waals surface area contributed by atoms with Gasteiger partial charge in [0.05, 0.1) is 19.8 Å². The highest BCUT2D eigenvalue weighted by Gasteiger charge is 2.24. The number of hydrogen-bond acceptors (Lipinski definition) is 6. The molecule has 0 aromatic heterocycles. The molecule has 0 heterocycles. The maximum absolute atomic E-state index is 11.9. The number of esters is 1. The van der Waals surface area contributed by atoms with E-state index in [1.165, 1.54) is 26.4 Å². The van der Waals surface area contributed by atoms with Crippen LogP contribution in [0.25, 0.3) is 0 Å². The molecule has 0 radical (unpaired) electrons. The number of nitrogens with one attached hydrogen (secondary N) is 2. The molecule has 1 aliphatic carbocycles. The van der Waals surface area contributed by atoms with Gasteiger partial charge in [0.1, 0.15) is 11.5 Å². The molecular formula is C15H18N2O6. The number of amides is 3. The van der Waals surface area contributed by atoms with Gasteiger partial charge in [-0.3, -0.25) is 10.1 Å². The van der Waals surface area contributed by atoms with Crippen LogP contribution in [0.3, 0.4) is 0 Å². The molecular weight excluding hydrogens is 304 g/mol. The standard InChI is InChI=1S/C15H18N2O6/c1-21-11-5-9(6-12(7-11)22-2)14(19)23-8-13(18)17-15(20)16-10-3-4-10/h5-7,10H,3-4,8H2,1-2H3,(H2,16,17,18,20). The molecule has 2 N–H and O–H groups in total. The maximum atomic E-state index is 11.9. The highest BCUT2D eigenvalue weighted by molar-refractivity contribution is 5.97. The number of rotatable bonds is 6. The Balaban J connectivity index is 1.85. The third-order valence-corrected chi connectivity index (χ3v) is 3.09. The molecule has 0 aliphatic heterocycles. The van der Waals surface area contributed by atoms with Gasteiger partial charge < -0.3 is 19.5 Å². The molecule has 2 rings (SSSR count). The molecule has 1 aromatic rings. The molecule has 23 heavy (non-hydrogen) atoms. The van der Waals surface area contributed by atoms with Crippen LogP contribution in [0.1, 0.15) is 23.2 Å². The van der Waals surface area contributed by atoms with Crippen molar-refractivity contribution in [1.82, 2.24) is 10.6 Å². The Morgan fingerprint density at radius 1 is 1.09 bits per heavy atom. The lowest BCUT2D eigenvalue weighted by Gasteiger charge is -2.09. The van der Waals surface area contributed by atoms with Gasteiger partial charge in [0.25, 0.3) is 5.91 Å². The van der Waals surface area contributed by atoms with E-state index in [0.717, 1.165) is 12.8 Å². The summed E-state index contributed by atoms with van der Waals surface area (Å²) in [5.74, 6) is -0.583. The number of methoxy groups -OCH3 is 2. The Hall–Kier alpha value is -2.77. The summed E-state index contributed by atoms with van der Waals surface area (Å²) in [5, 5.41) is 4.68. The minimum atomic E-state index is -0.722. The second-order valence-electron chi connectivity index (χ2n) is 4.97. The molecule has 1 fully saturated rings. The van der Waals surface area contributed by atoms with Crippen LogP contribution in [0.4, 0.5) is 4.79 Å². The van der Waals surface area contributed by atoms with E-state index in [1.54, 1.807) is 6.07 Å². The molecule has 0 unspecified atom stereocenters. The van der Waals surface area contributed by atoms with E-state index >= 15 is 0 Å². The van der Waals surface area contributed by atoms with Crippen molar-refractivity contribution >= 4 is 17.9 Å². The SMILES string of the molecule is COc1cc(OC)cc(C(=O)OCC(=O)NC(=O)NC2CC2)c1. The van der Waals surface area contributed by atoms with Gasteiger partial charge in [0.2, 0.25) is 0 Å². The molecule has 8 nitrogen and oxygen atoms in total. The Morgan fingerprint density at radius 2 is 1.70 bits per heavy atom. The van der Waals surface area contributed by atoms with E-state index in [2.05, 4.69) is 10.6 Å². The normalized spacial score (nSPS) is 13.0. The van der Waals surface area contributed by atoms with Crippen LogP contribution in [-0.4, -0.2) is 44.8 Å². The van der Waals surface area contributed by atoms with Crippen LogP contribution >= 0.6 is 0 Å². The number of imide groups is 1. The summed E-state index contributed by atoms with van der Waals surface area (Å²) in [6, 6.07) is 4.07. The number of ether oxygens (including phenoxy) is 3. The van der Waals surface area contributed by atoms with E-state index in [4.69, 9.17) is 14.2 Å². The van der Waals surface area contributed by atoms with E-state index in [1.807, 2.05) is 0 Å². The summed E-state index contributed by atoms with van der Waals surface area (Å²) in [7, 11) is 2.91. The van der Waals surface area contributed by atoms with Gasteiger partial charge in [-0.25, -0.2) is 9.59 Å². The topological polar surface area (TPSA) is 103 Å². The average Bonchev–Trinajstić information content (AvgIpc) is 3.35. The average molecular weight is 322 g/mol. The van der Waals surface area contributed by atoms with Crippen molar-refractivity contribution < 1.29 is 28.6 Å². The van der Waals surface area contributed by atoms with Gasteiger partial charge >= 0.3 is 12.0 Å². The minimum Gasteiger partial charge on any atom is -0.497 e. The van der Waals surface area contributed by atoms with E-state index in [9.17, 15) is 14.4 Å². The highest BCUT2D eigenvalue weighted by atomic mass is 16.5. The van der Waals surface area contributed by atoms with Crippen molar-refractivity contribution in [2.45, 2.75) is 18.9 Å². The summed E-state index contributed by atoms with van der Waals surface area (Å²) < 4.78 is 15.0. The maximum Gasteiger partial charge on any atom is 0.338 e. The summed E-state index contributed by atoms with van der Waals surface area (Å²) in [6.45, 7) is -0.559. The molecule has 124 valence electrons. The number of hydrogen-bond donors (Lipinski definition) is 2. The fraction of sp³-hybridized carbons (Fsp3) is 0.400. The Kier molecular flexibility index (Phi) is 5.40. The minimum absolute atomic E-state index is 0.134. The van der Waals surface area contributed by atoms with E-state index in [0.29, 0.717) is 11.5 Å². The third kappa shape index (κ3) is 5.17. The monoisotopic (exact) mass is 322 g/mol. The first kappa shape index (κ1) is 16.6. The number of urea groups is 1. The summed E-state index contributed by atoms with van der Waals surface area (Å²) in [5.41, 5.74) is 0.177. The summed E-state index contributed by atoms with van der Waals surface area (Å²) >= 11 is 0. The zero-order chi connectivity index (χ0) is 16.8. The van der Waals surface area contributed by atoms with Crippen molar-refractivity contribution in [1.29, 1.82) is 0 Å². The van der Waals surface area contributed by atoms with E-state index < -0.39 is 24.5 Å². The van der Waals surface area contributed by atoms with Crippen molar-refractivity contribution in [3.63, 3.8) is 0 Å². The molecule has 1 aliphatic rings. The van der Waals surface area contributed by atoms with Gasteiger partial charge in [-0.1, -0.05) is 0 Å². The van der Waals surface area contributed by atoms with Crippen LogP contribution < -0.4 is 20.1 Å². The van der Waals surface area contributed by atoms with Crippen LogP contribution in [0.5, 0.6) is 11.5 Å². The molecule has 0 spiro atoms. The zero-order valence-electron chi connectivity index (χ0n) is 12.9. The fourth-order valence-corrected chi connectivity index (χ4v) is 1.75. The first-order valence-electron chi connectivity index (χ1n) is 7.02. The predicted molar refractivity (Wildman–Crippen MR) is 79.5 cm³/mol. The van der Waals surface area contributed by atoms with E-state index in [-0.39, 0.29) is 11.6 Å². The van der Waals surface area contributed by atoms with Crippen LogP contribution in [0.15, 0.2) is 18.2 Å². The molecule has 0 atom stereocenters. The van der Waals surface area contributed by atoms with Gasteiger partial charge in [-0.15, -0.1) is 0 Å². The van der Waals surface area contributed by atoms with Crippen molar-refractivity contribution in [2.24, 2.45) is 0 Å². The van der Waals surface area contributed by atoms with Gasteiger partial charge in [-0.05, 0) is 25.0 Å². The fourth-order valence-electron chi connectivity index (χ4n) is 1.75. The highest BCUT2D eigenvalue weighted by Crippen LogP contribution is 2.23. The Morgan fingerprint density at radius 3 is 2.22 bits per heavy atom. The first-order valence-corrected chi connectivity index (χ1v) is 7.02. The number of carbonyl (C=O) groups excluding carboxylic acids is 3. The lowest BCUT2D eigenvalue weighted by atomic mass is 10.2. The second-order valence-corrected chi connectivity index (χ2v) is 4.97. The lowest BCUT2D eigenvalue weighted by molar-refractivity contribution is -0.123. The predicted octanol–water partition coefficient (Wildman–Crippen LogP) is 0.849. The summed E-state index contributed by atoms with van der Waals surface area (Å²) in [4.78, 5) is 34.9. The molecule has 3 amide bonds. The largest absolute Gasteiger partial charge is 0.497 e. The van der Waals surface area contributed by atoms with Crippen LogP contribution in [0, 0.1) is 0 Å². The van der Waals surface area contributed by atoms with Crippen molar-refractivity contribution in [3.8, 4) is 11.5 Å². The quantitative estimate of drug-likeness (QED) is 0.753. The van der Waals surface area contributed by atoms with Gasteiger partial charge in [0.15, 0.2) is 6.61 Å². The molecule has 0 bridgehead atoms.